The molecule has 1 aromatic rings. The second-order valence-corrected chi connectivity index (χ2v) is 2.31. The summed E-state index contributed by atoms with van der Waals surface area (Å²) in [6, 6.07) is 0.765. The van der Waals surface area contributed by atoms with Gasteiger partial charge in [-0.25, -0.2) is 13.6 Å². The molecule has 0 amide bonds. The van der Waals surface area contributed by atoms with Gasteiger partial charge in [0.1, 0.15) is 0 Å². The fraction of sp³-hybridized carbons (Fsp3) is 0.429. The van der Waals surface area contributed by atoms with E-state index in [1.54, 1.807) is 0 Å². The first-order valence-corrected chi connectivity index (χ1v) is 3.50. The fourth-order valence-electron chi connectivity index (χ4n) is 0.706. The molecule has 0 spiro atoms. The molecule has 4 nitrogen and oxygen atoms in total. The van der Waals surface area contributed by atoms with Gasteiger partial charge in [-0.05, 0) is 0 Å². The summed E-state index contributed by atoms with van der Waals surface area (Å²) < 4.78 is 33.4. The highest BCUT2D eigenvalue weighted by Gasteiger charge is 2.02. The Kier molecular flexibility index (Phi) is 4.68. The summed E-state index contributed by atoms with van der Waals surface area (Å²) >= 11 is 0. The second-order valence-electron chi connectivity index (χ2n) is 2.31. The third kappa shape index (κ3) is 2.75. The van der Waals surface area contributed by atoms with Crippen molar-refractivity contribution in [3.05, 3.63) is 32.9 Å². The van der Waals surface area contributed by atoms with Crippen LogP contribution in [0.5, 0.6) is 0 Å². The molecule has 0 atom stereocenters. The van der Waals surface area contributed by atoms with Crippen molar-refractivity contribution in [2.75, 3.05) is 6.93 Å². The fourth-order valence-corrected chi connectivity index (χ4v) is 0.706. The Bertz CT molecular complexity index is 410. The van der Waals surface area contributed by atoms with Crippen LogP contribution in [-0.4, -0.2) is 16.1 Å². The van der Waals surface area contributed by atoms with Crippen LogP contribution in [-0.2, 0) is 14.1 Å². The van der Waals surface area contributed by atoms with Gasteiger partial charge < -0.3 is 0 Å². The van der Waals surface area contributed by atoms with Crippen molar-refractivity contribution >= 4 is 0 Å². The van der Waals surface area contributed by atoms with Crippen molar-refractivity contribution in [1.82, 2.24) is 9.13 Å². The quantitative estimate of drug-likeness (QED) is 0.570. The molecule has 0 bridgehead atoms. The molecular formula is C7H9F3N2O2. The van der Waals surface area contributed by atoms with E-state index in [-0.39, 0.29) is 0 Å². The van der Waals surface area contributed by atoms with Crippen LogP contribution in [0.2, 0.25) is 0 Å². The smallest absolute Gasteiger partial charge is 0.273 e. The highest BCUT2D eigenvalue weighted by atomic mass is 19.3. The molecule has 0 N–H and O–H groups in total. The minimum absolute atomic E-state index is 0.634. The van der Waals surface area contributed by atoms with Crippen LogP contribution in [0.1, 0.15) is 0 Å². The summed E-state index contributed by atoms with van der Waals surface area (Å²) in [7, 11) is 2.56. The number of aromatic nitrogens is 2. The van der Waals surface area contributed by atoms with Gasteiger partial charge in [-0.3, -0.25) is 13.9 Å². The lowest BCUT2D eigenvalue weighted by atomic mass is 10.6. The van der Waals surface area contributed by atoms with Crippen molar-refractivity contribution in [3.8, 4) is 0 Å². The molecule has 0 radical (unpaired) electrons. The Hall–Kier alpha value is -1.53. The second kappa shape index (κ2) is 5.25. The van der Waals surface area contributed by atoms with Crippen LogP contribution < -0.4 is 11.2 Å². The Morgan fingerprint density at radius 3 is 2.07 bits per heavy atom. The molecular weight excluding hydrogens is 201 g/mol. The molecule has 1 rings (SSSR count). The number of alkyl halides is 2. The maximum absolute atomic E-state index is 12.6. The molecule has 0 unspecified atom stereocenters. The summed E-state index contributed by atoms with van der Waals surface area (Å²) in [6.45, 7) is -1.75. The summed E-state index contributed by atoms with van der Waals surface area (Å²) in [4.78, 5) is 21.6. The topological polar surface area (TPSA) is 44.0 Å². The first kappa shape index (κ1) is 12.5. The zero-order chi connectivity index (χ0) is 11.3. The molecule has 0 saturated carbocycles. The molecule has 0 saturated heterocycles. The van der Waals surface area contributed by atoms with Gasteiger partial charge in [0.25, 0.3) is 5.56 Å². The van der Waals surface area contributed by atoms with Crippen molar-refractivity contribution in [1.29, 1.82) is 0 Å². The highest BCUT2D eigenvalue weighted by molar-refractivity contribution is 4.87. The minimum atomic E-state index is -1.75. The minimum Gasteiger partial charge on any atom is -0.273 e. The molecule has 7 heteroatoms. The van der Waals surface area contributed by atoms with E-state index in [2.05, 4.69) is 0 Å². The molecule has 1 aromatic heterocycles. The predicted molar refractivity (Wildman–Crippen MR) is 44.0 cm³/mol. The van der Waals surface area contributed by atoms with Gasteiger partial charge >= 0.3 is 5.69 Å². The zero-order valence-electron chi connectivity index (χ0n) is 7.63. The average Bonchev–Trinajstić information content (AvgIpc) is 2.13. The van der Waals surface area contributed by atoms with E-state index >= 15 is 0 Å². The normalized spacial score (nSPS) is 9.21. The number of rotatable bonds is 0. The maximum atomic E-state index is 12.6. The first-order chi connectivity index (χ1) is 6.45. The highest BCUT2D eigenvalue weighted by Crippen LogP contribution is 1.82. The number of hydrogen-bond donors (Lipinski definition) is 0. The molecule has 0 fully saturated rings. The van der Waals surface area contributed by atoms with E-state index in [0.29, 0.717) is 0 Å². The summed E-state index contributed by atoms with van der Waals surface area (Å²) in [5, 5.41) is 0. The molecule has 1 heterocycles. The lowest BCUT2D eigenvalue weighted by molar-refractivity contribution is 0.295. The lowest BCUT2D eigenvalue weighted by Gasteiger charge is -2.00. The number of hydrogen-bond acceptors (Lipinski definition) is 2. The monoisotopic (exact) mass is 210 g/mol. The van der Waals surface area contributed by atoms with Crippen LogP contribution in [0.3, 0.4) is 0 Å². The molecule has 80 valence electrons. The average molecular weight is 210 g/mol. The van der Waals surface area contributed by atoms with Crippen LogP contribution in [0.25, 0.3) is 0 Å². The van der Waals surface area contributed by atoms with Crippen molar-refractivity contribution in [3.63, 3.8) is 0 Å². The van der Waals surface area contributed by atoms with E-state index in [1.165, 1.54) is 14.1 Å². The molecule has 14 heavy (non-hydrogen) atoms. The SMILES string of the molecule is Cn1c(F)cc(=O)n(C)c1=O.FCF. The van der Waals surface area contributed by atoms with Crippen LogP contribution in [0.15, 0.2) is 15.7 Å². The largest absolute Gasteiger partial charge is 0.332 e. The molecule has 0 aliphatic heterocycles. The predicted octanol–water partition coefficient (Wildman–Crippen LogP) is 0.106. The maximum Gasteiger partial charge on any atom is 0.332 e. The van der Waals surface area contributed by atoms with Gasteiger partial charge in [-0.2, -0.15) is 4.39 Å². The third-order valence-corrected chi connectivity index (χ3v) is 1.47. The zero-order valence-corrected chi connectivity index (χ0v) is 7.63. The molecule has 0 aliphatic carbocycles. The number of nitrogens with zero attached hydrogens (tertiary/aromatic N) is 2. The van der Waals surface area contributed by atoms with E-state index < -0.39 is 24.1 Å². The van der Waals surface area contributed by atoms with E-state index in [1.807, 2.05) is 0 Å². The van der Waals surface area contributed by atoms with Crippen LogP contribution in [0, 0.1) is 5.95 Å². The summed E-state index contributed by atoms with van der Waals surface area (Å²) in [5.41, 5.74) is -1.29. The summed E-state index contributed by atoms with van der Waals surface area (Å²) in [5.74, 6) is -0.821. The lowest BCUT2D eigenvalue weighted by Crippen LogP contribution is -2.37. The van der Waals surface area contributed by atoms with Gasteiger partial charge in [0.05, 0.1) is 6.07 Å². The van der Waals surface area contributed by atoms with E-state index in [9.17, 15) is 22.8 Å². The third-order valence-electron chi connectivity index (χ3n) is 1.47. The van der Waals surface area contributed by atoms with Crippen molar-refractivity contribution in [2.24, 2.45) is 14.1 Å². The summed E-state index contributed by atoms with van der Waals surface area (Å²) in [6.07, 6.45) is 0. The van der Waals surface area contributed by atoms with Crippen molar-refractivity contribution < 1.29 is 13.2 Å². The Balaban J connectivity index is 0.000000500. The first-order valence-electron chi connectivity index (χ1n) is 3.50. The Labute approximate surface area is 77.2 Å². The standard InChI is InChI=1S/C6H7FN2O2.CH2F2/c1-8-4(7)3-5(10)9(2)6(8)11;2-1-3/h3H,1-2H3;1H2. The van der Waals surface area contributed by atoms with Gasteiger partial charge in [0, 0.05) is 14.1 Å². The van der Waals surface area contributed by atoms with Crippen LogP contribution >= 0.6 is 0 Å². The molecule has 0 aliphatic rings. The Morgan fingerprint density at radius 1 is 1.21 bits per heavy atom. The number of halogens is 3. The van der Waals surface area contributed by atoms with Crippen molar-refractivity contribution in [2.45, 2.75) is 0 Å². The van der Waals surface area contributed by atoms with E-state index in [4.69, 9.17) is 0 Å². The molecule has 0 aromatic carbocycles. The van der Waals surface area contributed by atoms with Gasteiger partial charge in [-0.15, -0.1) is 0 Å². The Morgan fingerprint density at radius 2 is 1.64 bits per heavy atom. The van der Waals surface area contributed by atoms with Gasteiger partial charge in [-0.1, -0.05) is 0 Å². The van der Waals surface area contributed by atoms with E-state index in [0.717, 1.165) is 15.2 Å². The van der Waals surface area contributed by atoms with Crippen LogP contribution in [0.4, 0.5) is 13.2 Å². The van der Waals surface area contributed by atoms with Gasteiger partial charge in [0.2, 0.25) is 12.9 Å². The van der Waals surface area contributed by atoms with Gasteiger partial charge in [0.15, 0.2) is 0 Å².